The Morgan fingerprint density at radius 1 is 1.19 bits per heavy atom. The maximum atomic E-state index is 14.6. The third-order valence-corrected chi connectivity index (χ3v) is 5.68. The monoisotopic (exact) mass is 417 g/mol. The number of aryl methyl sites for hydroxylation is 1. The molecular weight excluding hydrogens is 397 g/mol. The highest BCUT2D eigenvalue weighted by Gasteiger charge is 2.26. The lowest BCUT2D eigenvalue weighted by Gasteiger charge is -2.26. The molecule has 0 spiro atoms. The summed E-state index contributed by atoms with van der Waals surface area (Å²) < 4.78 is 16.3. The Kier molecular flexibility index (Phi) is 4.62. The average molecular weight is 417 g/mol. The number of halogens is 1. The van der Waals surface area contributed by atoms with Crippen molar-refractivity contribution in [2.75, 3.05) is 6.54 Å². The molecule has 0 saturated carbocycles. The number of benzene rings is 2. The lowest BCUT2D eigenvalue weighted by Crippen LogP contribution is -2.36. The summed E-state index contributed by atoms with van der Waals surface area (Å²) in [6.45, 7) is 0.887. The van der Waals surface area contributed by atoms with Crippen molar-refractivity contribution in [3.8, 4) is 0 Å². The predicted molar refractivity (Wildman–Crippen MR) is 113 cm³/mol. The number of hydrogen-bond donors (Lipinski definition) is 1. The van der Waals surface area contributed by atoms with Gasteiger partial charge in [-0.05, 0) is 35.7 Å². The summed E-state index contributed by atoms with van der Waals surface area (Å²) in [5, 5.41) is 12.4. The van der Waals surface area contributed by atoms with Crippen LogP contribution >= 0.6 is 0 Å². The lowest BCUT2D eigenvalue weighted by molar-refractivity contribution is 0.0727. The predicted octanol–water partition coefficient (Wildman–Crippen LogP) is 2.59. The van der Waals surface area contributed by atoms with Crippen LogP contribution in [0.15, 0.2) is 53.5 Å². The van der Waals surface area contributed by atoms with E-state index in [-0.39, 0.29) is 17.0 Å². The zero-order valence-electron chi connectivity index (χ0n) is 16.9. The smallest absolute Gasteiger partial charge is 0.272 e. The Hall–Kier alpha value is -3.81. The third kappa shape index (κ3) is 3.50. The topological polar surface area (TPSA) is 83.9 Å². The molecule has 7 nitrogen and oxygen atoms in total. The van der Waals surface area contributed by atoms with Gasteiger partial charge < -0.3 is 4.90 Å². The Morgan fingerprint density at radius 3 is 2.84 bits per heavy atom. The second-order valence-corrected chi connectivity index (χ2v) is 7.79. The number of nitrogens with zero attached hydrogens (tertiary/aromatic N) is 4. The Labute approximate surface area is 177 Å². The number of carbonyl (C=O) groups is 1. The highest BCUT2D eigenvalue weighted by molar-refractivity contribution is 5.95. The van der Waals surface area contributed by atoms with E-state index >= 15 is 0 Å². The van der Waals surface area contributed by atoms with Gasteiger partial charge in [-0.25, -0.2) is 9.49 Å². The molecule has 156 valence electrons. The van der Waals surface area contributed by atoms with Gasteiger partial charge in [0.1, 0.15) is 5.82 Å². The average Bonchev–Trinajstić information content (AvgIpc) is 3.16. The second kappa shape index (κ2) is 7.46. The van der Waals surface area contributed by atoms with Gasteiger partial charge in [0, 0.05) is 31.6 Å². The van der Waals surface area contributed by atoms with E-state index in [2.05, 4.69) is 15.3 Å². The van der Waals surface area contributed by atoms with Crippen LogP contribution in [0.25, 0.3) is 10.8 Å². The molecule has 5 rings (SSSR count). The number of H-pyrrole nitrogens is 1. The van der Waals surface area contributed by atoms with Crippen molar-refractivity contribution in [3.05, 3.63) is 92.9 Å². The molecule has 2 aromatic heterocycles. The van der Waals surface area contributed by atoms with Crippen molar-refractivity contribution in [2.24, 2.45) is 7.05 Å². The molecule has 1 aliphatic heterocycles. The second-order valence-electron chi connectivity index (χ2n) is 7.79. The molecule has 2 aromatic carbocycles. The lowest BCUT2D eigenvalue weighted by atomic mass is 10.0. The summed E-state index contributed by atoms with van der Waals surface area (Å²) in [6.07, 6.45) is 3.02. The quantitative estimate of drug-likeness (QED) is 0.555. The van der Waals surface area contributed by atoms with E-state index in [0.717, 1.165) is 22.2 Å². The van der Waals surface area contributed by atoms with E-state index in [4.69, 9.17) is 0 Å². The van der Waals surface area contributed by atoms with Gasteiger partial charge in [-0.2, -0.15) is 10.2 Å². The highest BCUT2D eigenvalue weighted by atomic mass is 19.1. The van der Waals surface area contributed by atoms with Crippen molar-refractivity contribution in [2.45, 2.75) is 19.4 Å². The zero-order valence-corrected chi connectivity index (χ0v) is 16.9. The number of fused-ring (bicyclic) bond motifs is 2. The van der Waals surface area contributed by atoms with E-state index < -0.39 is 5.82 Å². The first kappa shape index (κ1) is 19.2. The fraction of sp³-hybridized carbons (Fsp3) is 0.217. The molecular formula is C23H20FN5O2. The van der Waals surface area contributed by atoms with Crippen LogP contribution in [-0.2, 0) is 26.4 Å². The van der Waals surface area contributed by atoms with Gasteiger partial charge in [-0.1, -0.05) is 24.3 Å². The number of amides is 1. The number of aromatic amines is 1. The van der Waals surface area contributed by atoms with Crippen molar-refractivity contribution >= 4 is 16.7 Å². The molecule has 0 radical (unpaired) electrons. The van der Waals surface area contributed by atoms with E-state index in [1.165, 1.54) is 6.07 Å². The molecule has 31 heavy (non-hydrogen) atoms. The Bertz CT molecular complexity index is 1370. The number of nitrogens with one attached hydrogen (secondary N) is 1. The van der Waals surface area contributed by atoms with E-state index in [9.17, 15) is 14.0 Å². The summed E-state index contributed by atoms with van der Waals surface area (Å²) in [5.41, 5.74) is 3.15. The molecule has 0 fully saturated rings. The number of aromatic nitrogens is 4. The minimum atomic E-state index is -0.556. The van der Waals surface area contributed by atoms with E-state index in [1.807, 2.05) is 25.4 Å². The maximum Gasteiger partial charge on any atom is 0.272 e. The molecule has 4 aromatic rings. The van der Waals surface area contributed by atoms with Crippen LogP contribution < -0.4 is 5.56 Å². The van der Waals surface area contributed by atoms with Crippen LogP contribution in [0.2, 0.25) is 0 Å². The van der Waals surface area contributed by atoms with Crippen LogP contribution in [0.5, 0.6) is 0 Å². The Morgan fingerprint density at radius 2 is 2.00 bits per heavy atom. The summed E-state index contributed by atoms with van der Waals surface area (Å²) >= 11 is 0. The first-order valence-electron chi connectivity index (χ1n) is 10.0. The van der Waals surface area contributed by atoms with Crippen molar-refractivity contribution in [3.63, 3.8) is 0 Å². The molecule has 0 unspecified atom stereocenters. The van der Waals surface area contributed by atoms with Crippen LogP contribution in [0, 0.1) is 5.82 Å². The molecule has 8 heteroatoms. The molecule has 1 amide bonds. The molecule has 0 saturated heterocycles. The fourth-order valence-electron chi connectivity index (χ4n) is 4.13. The largest absolute Gasteiger partial charge is 0.332 e. The van der Waals surface area contributed by atoms with E-state index in [1.54, 1.807) is 33.8 Å². The number of carbonyl (C=O) groups excluding carboxylic acids is 1. The summed E-state index contributed by atoms with van der Waals surface area (Å²) in [6, 6.07) is 11.7. The SMILES string of the molecule is Cn1cc2c(n1)CN(C(=O)c1cc(Cc3n[nH]c(=O)c4ccccc34)ccc1F)CC2. The standard InChI is InChI=1S/C23H20FN5O2/c1-28-12-15-8-9-29(13-21(15)27-28)23(31)18-10-14(6-7-19(18)24)11-20-16-4-2-3-5-17(16)22(30)26-25-20/h2-7,10,12H,8-9,11,13H2,1H3,(H,26,30). The Balaban J connectivity index is 1.44. The number of hydrogen-bond acceptors (Lipinski definition) is 4. The van der Waals surface area contributed by atoms with Gasteiger partial charge in [0.15, 0.2) is 0 Å². The van der Waals surface area contributed by atoms with Gasteiger partial charge >= 0.3 is 0 Å². The number of rotatable bonds is 3. The van der Waals surface area contributed by atoms with Crippen LogP contribution in [0.1, 0.15) is 32.9 Å². The summed E-state index contributed by atoms with van der Waals surface area (Å²) in [4.78, 5) is 26.7. The minimum absolute atomic E-state index is 0.0330. The van der Waals surface area contributed by atoms with Crippen LogP contribution in [0.4, 0.5) is 4.39 Å². The summed E-state index contributed by atoms with van der Waals surface area (Å²) in [7, 11) is 1.85. The van der Waals surface area contributed by atoms with Crippen molar-refractivity contribution in [1.29, 1.82) is 0 Å². The van der Waals surface area contributed by atoms with Crippen LogP contribution in [0.3, 0.4) is 0 Å². The van der Waals surface area contributed by atoms with Gasteiger partial charge in [0.05, 0.1) is 28.9 Å². The first-order valence-corrected chi connectivity index (χ1v) is 10.0. The fourth-order valence-corrected chi connectivity index (χ4v) is 4.13. The first-order chi connectivity index (χ1) is 15.0. The van der Waals surface area contributed by atoms with Gasteiger partial charge in [0.25, 0.3) is 11.5 Å². The van der Waals surface area contributed by atoms with Gasteiger partial charge in [0.2, 0.25) is 0 Å². The zero-order chi connectivity index (χ0) is 21.5. The maximum absolute atomic E-state index is 14.6. The molecule has 3 heterocycles. The third-order valence-electron chi connectivity index (χ3n) is 5.68. The van der Waals surface area contributed by atoms with Crippen molar-refractivity contribution in [1.82, 2.24) is 24.9 Å². The molecule has 0 atom stereocenters. The van der Waals surface area contributed by atoms with E-state index in [0.29, 0.717) is 37.0 Å². The molecule has 1 aliphatic rings. The molecule has 0 aliphatic carbocycles. The van der Waals surface area contributed by atoms with Crippen molar-refractivity contribution < 1.29 is 9.18 Å². The molecule has 1 N–H and O–H groups in total. The normalized spacial score (nSPS) is 13.4. The minimum Gasteiger partial charge on any atom is -0.332 e. The highest BCUT2D eigenvalue weighted by Crippen LogP contribution is 2.22. The van der Waals surface area contributed by atoms with Crippen LogP contribution in [-0.4, -0.2) is 37.3 Å². The molecule has 0 bridgehead atoms. The summed E-state index contributed by atoms with van der Waals surface area (Å²) in [5.74, 6) is -0.908. The van der Waals surface area contributed by atoms with Gasteiger partial charge in [-0.3, -0.25) is 14.3 Å². The van der Waals surface area contributed by atoms with Gasteiger partial charge in [-0.15, -0.1) is 0 Å².